The Morgan fingerprint density at radius 2 is 1.69 bits per heavy atom. The molecule has 5 atom stereocenters. The lowest BCUT2D eigenvalue weighted by atomic mass is 9.62. The Morgan fingerprint density at radius 3 is 2.24 bits per heavy atom. The van der Waals surface area contributed by atoms with Gasteiger partial charge in [-0.1, -0.05) is 78.8 Å². The molecule has 0 bridgehead atoms. The molecule has 0 spiro atoms. The Balaban J connectivity index is 2.24. The van der Waals surface area contributed by atoms with Crippen LogP contribution in [0.25, 0.3) is 0 Å². The molecule has 238 valence electrons. The van der Waals surface area contributed by atoms with E-state index in [0.717, 1.165) is 32.5 Å². The molecule has 9 nitrogen and oxygen atoms in total. The van der Waals surface area contributed by atoms with E-state index in [1.807, 2.05) is 59.7 Å². The number of nitrogens with one attached hydrogen (secondary N) is 2. The maximum Gasteiger partial charge on any atom is 0.243 e. The monoisotopic (exact) mass is 588 g/mol. The third-order valence-electron chi connectivity index (χ3n) is 9.23. The zero-order valence-corrected chi connectivity index (χ0v) is 27.2. The van der Waals surface area contributed by atoms with Gasteiger partial charge >= 0.3 is 0 Å². The molecule has 1 fully saturated rings. The summed E-state index contributed by atoms with van der Waals surface area (Å²) in [5.74, 6) is -0.717. The van der Waals surface area contributed by atoms with Crippen molar-refractivity contribution in [3.63, 3.8) is 0 Å². The first-order valence-electron chi connectivity index (χ1n) is 15.6. The van der Waals surface area contributed by atoms with Crippen molar-refractivity contribution in [1.82, 2.24) is 20.6 Å². The maximum atomic E-state index is 14.3. The Morgan fingerprint density at radius 1 is 1.07 bits per heavy atom. The quantitative estimate of drug-likeness (QED) is 0.152. The van der Waals surface area contributed by atoms with E-state index in [1.54, 1.807) is 6.92 Å². The first-order chi connectivity index (χ1) is 19.7. The van der Waals surface area contributed by atoms with Crippen LogP contribution in [0.3, 0.4) is 0 Å². The normalized spacial score (nSPS) is 18.8. The molecular weight excluding hydrogens is 532 g/mol. The second-order valence-corrected chi connectivity index (χ2v) is 13.7. The van der Waals surface area contributed by atoms with Gasteiger partial charge in [0.15, 0.2) is 0 Å². The van der Waals surface area contributed by atoms with Gasteiger partial charge < -0.3 is 15.4 Å². The second-order valence-electron chi connectivity index (χ2n) is 13.7. The molecule has 1 aromatic rings. The number of rotatable bonds is 16. The molecule has 0 saturated carbocycles. The van der Waals surface area contributed by atoms with Gasteiger partial charge in [0.1, 0.15) is 6.04 Å². The van der Waals surface area contributed by atoms with Gasteiger partial charge in [-0.25, -0.2) is 5.06 Å². The maximum absolute atomic E-state index is 14.3. The van der Waals surface area contributed by atoms with Crippen molar-refractivity contribution < 1.29 is 24.3 Å². The highest BCUT2D eigenvalue weighted by atomic mass is 16.5. The number of carbonyl (C=O) groups is 3. The van der Waals surface area contributed by atoms with Crippen LogP contribution >= 0.6 is 0 Å². The van der Waals surface area contributed by atoms with Gasteiger partial charge in [-0.15, -0.1) is 0 Å². The summed E-state index contributed by atoms with van der Waals surface area (Å²) in [7, 11) is 0. The Labute approximate surface area is 253 Å². The van der Waals surface area contributed by atoms with Crippen LogP contribution in [0.4, 0.5) is 0 Å². The molecule has 42 heavy (non-hydrogen) atoms. The molecule has 2 rings (SSSR count). The number of hydrogen-bond donors (Lipinski definition) is 3. The molecule has 1 saturated heterocycles. The van der Waals surface area contributed by atoms with Gasteiger partial charge in [-0.3, -0.25) is 24.5 Å². The summed E-state index contributed by atoms with van der Waals surface area (Å²) in [4.78, 5) is 41.7. The average Bonchev–Trinajstić information content (AvgIpc) is 2.96. The zero-order valence-electron chi connectivity index (χ0n) is 27.2. The van der Waals surface area contributed by atoms with E-state index in [0.29, 0.717) is 37.7 Å². The van der Waals surface area contributed by atoms with Crippen molar-refractivity contribution in [2.75, 3.05) is 39.4 Å². The van der Waals surface area contributed by atoms with E-state index >= 15 is 0 Å². The lowest BCUT2D eigenvalue weighted by Gasteiger charge is -2.46. The third kappa shape index (κ3) is 10.1. The van der Waals surface area contributed by atoms with Crippen LogP contribution in [0.1, 0.15) is 73.8 Å². The number of morpholine rings is 1. The summed E-state index contributed by atoms with van der Waals surface area (Å²) in [6.45, 7) is 20.0. The zero-order chi connectivity index (χ0) is 31.5. The predicted molar refractivity (Wildman–Crippen MR) is 166 cm³/mol. The second kappa shape index (κ2) is 16.4. The Kier molecular flexibility index (Phi) is 13.9. The highest BCUT2D eigenvalue weighted by molar-refractivity contribution is 5.91. The van der Waals surface area contributed by atoms with E-state index in [4.69, 9.17) is 4.74 Å². The van der Waals surface area contributed by atoms with Crippen LogP contribution in [0.2, 0.25) is 0 Å². The van der Waals surface area contributed by atoms with Crippen molar-refractivity contribution in [3.05, 3.63) is 35.9 Å². The summed E-state index contributed by atoms with van der Waals surface area (Å²) >= 11 is 0. The van der Waals surface area contributed by atoms with E-state index in [2.05, 4.69) is 34.6 Å². The SMILES string of the molecule is CC(C)[C@](C)(C(=O)N[C@H](C(=O)NCCN1CCOCC1)C(C)(C)C)C(C[C@@H](C)CCc1ccccc1)[C@@H](C)N(O)C=O. The Bertz CT molecular complexity index is 976. The first-order valence-corrected chi connectivity index (χ1v) is 15.6. The third-order valence-corrected chi connectivity index (χ3v) is 9.23. The molecule has 1 aliphatic heterocycles. The van der Waals surface area contributed by atoms with Crippen LogP contribution < -0.4 is 10.6 Å². The number of benzene rings is 1. The molecule has 0 radical (unpaired) electrons. The van der Waals surface area contributed by atoms with Crippen LogP contribution in [0, 0.1) is 28.6 Å². The van der Waals surface area contributed by atoms with Gasteiger partial charge in [-0.05, 0) is 54.9 Å². The predicted octanol–water partition coefficient (Wildman–Crippen LogP) is 4.14. The summed E-state index contributed by atoms with van der Waals surface area (Å²) in [6, 6.07) is 8.93. The smallest absolute Gasteiger partial charge is 0.243 e. The number of carbonyl (C=O) groups excluding carboxylic acids is 3. The van der Waals surface area contributed by atoms with Gasteiger partial charge in [-0.2, -0.15) is 0 Å². The van der Waals surface area contributed by atoms with Crippen molar-refractivity contribution in [2.24, 2.45) is 28.6 Å². The van der Waals surface area contributed by atoms with E-state index in [-0.39, 0.29) is 29.6 Å². The standard InChI is InChI=1S/C33H56N4O5/c1-24(2)33(8,28(26(4)37(41)23-38)22-25(3)14-15-27-12-10-9-11-13-27)31(40)35-29(32(5,6)7)30(39)34-16-17-36-18-20-42-21-19-36/h9-13,23-26,28-29,41H,14-22H2,1-8H3,(H,34,39)(H,35,40)/t25-,26+,28?,29+,33-/m0/s1. The number of amides is 3. The lowest BCUT2D eigenvalue weighted by molar-refractivity contribution is -0.174. The van der Waals surface area contributed by atoms with Crippen molar-refractivity contribution in [2.45, 2.75) is 86.7 Å². The van der Waals surface area contributed by atoms with Crippen LogP contribution in [0.15, 0.2) is 30.3 Å². The summed E-state index contributed by atoms with van der Waals surface area (Å²) in [5.41, 5.74) is -0.253. The van der Waals surface area contributed by atoms with E-state index in [9.17, 15) is 19.6 Å². The minimum absolute atomic E-state index is 0.128. The fourth-order valence-electron chi connectivity index (χ4n) is 5.92. The van der Waals surface area contributed by atoms with E-state index < -0.39 is 22.9 Å². The highest BCUT2D eigenvalue weighted by Crippen LogP contribution is 2.43. The van der Waals surface area contributed by atoms with Gasteiger partial charge in [0.2, 0.25) is 18.2 Å². The number of ether oxygens (including phenoxy) is 1. The summed E-state index contributed by atoms with van der Waals surface area (Å²) in [6.07, 6.45) is 2.85. The lowest BCUT2D eigenvalue weighted by Crippen LogP contribution is -2.60. The molecular formula is C33H56N4O5. The van der Waals surface area contributed by atoms with Gasteiger partial charge in [0.25, 0.3) is 0 Å². The minimum Gasteiger partial charge on any atom is -0.379 e. The van der Waals surface area contributed by atoms with Crippen LogP contribution in [-0.2, 0) is 25.5 Å². The molecule has 0 aliphatic carbocycles. The average molecular weight is 589 g/mol. The summed E-state index contributed by atoms with van der Waals surface area (Å²) in [5, 5.41) is 17.3. The Hall–Kier alpha value is -2.49. The molecule has 1 unspecified atom stereocenters. The van der Waals surface area contributed by atoms with E-state index in [1.165, 1.54) is 5.56 Å². The molecule has 3 amide bonds. The van der Waals surface area contributed by atoms with Gasteiger partial charge in [0, 0.05) is 26.2 Å². The minimum atomic E-state index is -0.970. The number of hydrogen-bond acceptors (Lipinski definition) is 6. The summed E-state index contributed by atoms with van der Waals surface area (Å²) < 4.78 is 5.41. The number of nitrogens with zero attached hydrogens (tertiary/aromatic N) is 2. The fraction of sp³-hybridized carbons (Fsp3) is 0.727. The molecule has 1 aromatic carbocycles. The van der Waals surface area contributed by atoms with Crippen LogP contribution in [-0.4, -0.2) is 84.9 Å². The van der Waals surface area contributed by atoms with Gasteiger partial charge in [0.05, 0.1) is 24.7 Å². The molecule has 9 heteroatoms. The number of aryl methyl sites for hydroxylation is 1. The molecule has 1 heterocycles. The van der Waals surface area contributed by atoms with Crippen molar-refractivity contribution in [3.8, 4) is 0 Å². The largest absolute Gasteiger partial charge is 0.379 e. The highest BCUT2D eigenvalue weighted by Gasteiger charge is 2.49. The molecule has 0 aromatic heterocycles. The topological polar surface area (TPSA) is 111 Å². The fourth-order valence-corrected chi connectivity index (χ4v) is 5.92. The van der Waals surface area contributed by atoms with Crippen LogP contribution in [0.5, 0.6) is 0 Å². The van der Waals surface area contributed by atoms with Crippen molar-refractivity contribution >= 4 is 18.2 Å². The number of hydroxylamine groups is 2. The first kappa shape index (κ1) is 35.7. The molecule has 3 N–H and O–H groups in total. The van der Waals surface area contributed by atoms with Crippen molar-refractivity contribution in [1.29, 1.82) is 0 Å². The molecule has 1 aliphatic rings.